The summed E-state index contributed by atoms with van der Waals surface area (Å²) in [6, 6.07) is 15.0. The summed E-state index contributed by atoms with van der Waals surface area (Å²) in [4.78, 5) is 18.3. The topological polar surface area (TPSA) is 71.3 Å². The molecule has 1 aliphatic heterocycles. The number of para-hydroxylation sites is 2. The third kappa shape index (κ3) is 3.41. The molecule has 0 aliphatic carbocycles. The Morgan fingerprint density at radius 2 is 1.96 bits per heavy atom. The van der Waals surface area contributed by atoms with Crippen LogP contribution in [0.15, 0.2) is 53.1 Å². The van der Waals surface area contributed by atoms with Crippen molar-refractivity contribution in [3.05, 3.63) is 59.4 Å². The maximum Gasteiger partial charge on any atom is 0.246 e. The molecule has 1 N–H and O–H groups in total. The van der Waals surface area contributed by atoms with E-state index in [1.54, 1.807) is 12.1 Å². The van der Waals surface area contributed by atoms with E-state index in [9.17, 15) is 4.79 Å². The van der Waals surface area contributed by atoms with Gasteiger partial charge in [0.15, 0.2) is 0 Å². The molecule has 0 saturated carbocycles. The minimum Gasteiger partial charge on any atom is -0.374 e. The van der Waals surface area contributed by atoms with Gasteiger partial charge in [0.2, 0.25) is 17.6 Å². The molecule has 2 heterocycles. The molecule has 1 fully saturated rings. The highest BCUT2D eigenvalue weighted by molar-refractivity contribution is 6.30. The summed E-state index contributed by atoms with van der Waals surface area (Å²) in [6.07, 6.45) is 1.49. The molecule has 0 spiro atoms. The summed E-state index contributed by atoms with van der Waals surface area (Å²) in [5.74, 6) is 1.14. The van der Waals surface area contributed by atoms with E-state index in [1.807, 2.05) is 41.3 Å². The summed E-state index contributed by atoms with van der Waals surface area (Å²) < 4.78 is 5.32. The first-order chi connectivity index (χ1) is 12.7. The van der Waals surface area contributed by atoms with Crippen molar-refractivity contribution in [2.24, 2.45) is 0 Å². The number of aromatic nitrogens is 2. The predicted octanol–water partition coefficient (Wildman–Crippen LogP) is 4.13. The van der Waals surface area contributed by atoms with Gasteiger partial charge in [-0.3, -0.25) is 4.79 Å². The number of amides is 1. The first-order valence-electron chi connectivity index (χ1n) is 8.42. The average molecular weight is 369 g/mol. The first-order valence-corrected chi connectivity index (χ1v) is 8.80. The zero-order chi connectivity index (χ0) is 17.9. The Morgan fingerprint density at radius 3 is 2.73 bits per heavy atom. The summed E-state index contributed by atoms with van der Waals surface area (Å²) in [5.41, 5.74) is 2.59. The normalized spacial score (nSPS) is 14.0. The number of carbonyl (C=O) groups is 1. The van der Waals surface area contributed by atoms with Crippen LogP contribution in [0.4, 0.5) is 11.4 Å². The van der Waals surface area contributed by atoms with Gasteiger partial charge in [-0.25, -0.2) is 0 Å². The Morgan fingerprint density at radius 1 is 1.15 bits per heavy atom. The van der Waals surface area contributed by atoms with E-state index in [0.29, 0.717) is 29.7 Å². The summed E-state index contributed by atoms with van der Waals surface area (Å²) >= 11 is 5.90. The van der Waals surface area contributed by atoms with Crippen LogP contribution in [0.3, 0.4) is 0 Å². The van der Waals surface area contributed by atoms with Gasteiger partial charge < -0.3 is 14.7 Å². The first kappa shape index (κ1) is 16.6. The average Bonchev–Trinajstić information content (AvgIpc) is 3.30. The van der Waals surface area contributed by atoms with Gasteiger partial charge in [0.1, 0.15) is 0 Å². The zero-order valence-corrected chi connectivity index (χ0v) is 14.7. The van der Waals surface area contributed by atoms with Crippen molar-refractivity contribution in [1.82, 2.24) is 10.1 Å². The van der Waals surface area contributed by atoms with Gasteiger partial charge in [0, 0.05) is 23.6 Å². The number of rotatable bonds is 5. The number of hydrogen-bond acceptors (Lipinski definition) is 5. The quantitative estimate of drug-likeness (QED) is 0.733. The Bertz CT molecular complexity index is 923. The monoisotopic (exact) mass is 368 g/mol. The van der Waals surface area contributed by atoms with E-state index in [0.717, 1.165) is 29.9 Å². The van der Waals surface area contributed by atoms with E-state index in [4.69, 9.17) is 16.1 Å². The predicted molar refractivity (Wildman–Crippen MR) is 100 cm³/mol. The summed E-state index contributed by atoms with van der Waals surface area (Å²) in [5, 5.41) is 7.96. The number of anilines is 2. The van der Waals surface area contributed by atoms with E-state index < -0.39 is 0 Å². The molecule has 0 unspecified atom stereocenters. The van der Waals surface area contributed by atoms with Gasteiger partial charge in [-0.1, -0.05) is 28.9 Å². The Labute approximate surface area is 155 Å². The molecule has 1 aromatic heterocycles. The third-order valence-electron chi connectivity index (χ3n) is 4.27. The Hall–Kier alpha value is -2.86. The van der Waals surface area contributed by atoms with Crippen LogP contribution < -0.4 is 10.2 Å². The van der Waals surface area contributed by atoms with Gasteiger partial charge in [0.25, 0.3) is 0 Å². The highest BCUT2D eigenvalue weighted by Crippen LogP contribution is 2.29. The Balaban J connectivity index is 1.48. The van der Waals surface area contributed by atoms with Gasteiger partial charge in [-0.05, 0) is 42.8 Å². The number of benzene rings is 2. The van der Waals surface area contributed by atoms with Gasteiger partial charge in [-0.15, -0.1) is 0 Å². The van der Waals surface area contributed by atoms with E-state index >= 15 is 0 Å². The molecule has 0 radical (unpaired) electrons. The van der Waals surface area contributed by atoms with E-state index in [1.165, 1.54) is 0 Å². The van der Waals surface area contributed by atoms with Crippen LogP contribution in [-0.4, -0.2) is 22.6 Å². The maximum atomic E-state index is 12.0. The second-order valence-electron chi connectivity index (χ2n) is 6.04. The van der Waals surface area contributed by atoms with Crippen LogP contribution in [0.5, 0.6) is 0 Å². The van der Waals surface area contributed by atoms with Crippen LogP contribution >= 0.6 is 11.6 Å². The molecule has 2 aromatic carbocycles. The van der Waals surface area contributed by atoms with Crippen LogP contribution in [0.2, 0.25) is 5.02 Å². The molecule has 1 aliphatic rings. The second-order valence-corrected chi connectivity index (χ2v) is 6.47. The molecule has 1 saturated heterocycles. The van der Waals surface area contributed by atoms with Crippen molar-refractivity contribution < 1.29 is 9.32 Å². The lowest BCUT2D eigenvalue weighted by atomic mass is 10.2. The number of nitrogens with zero attached hydrogens (tertiary/aromatic N) is 3. The van der Waals surface area contributed by atoms with Gasteiger partial charge in [-0.2, -0.15) is 4.98 Å². The molecule has 132 valence electrons. The minimum atomic E-state index is 0.155. The highest BCUT2D eigenvalue weighted by atomic mass is 35.5. The van der Waals surface area contributed by atoms with Gasteiger partial charge in [0.05, 0.1) is 17.9 Å². The number of halogens is 1. The number of carbonyl (C=O) groups excluding carboxylic acids is 1. The SMILES string of the molecule is O=C1CCCN1c1ccccc1NCc1nc(-c2ccc(Cl)cc2)no1. The molecular weight excluding hydrogens is 352 g/mol. The molecule has 4 rings (SSSR count). The van der Waals surface area contributed by atoms with Crippen molar-refractivity contribution in [2.75, 3.05) is 16.8 Å². The highest BCUT2D eigenvalue weighted by Gasteiger charge is 2.23. The lowest BCUT2D eigenvalue weighted by Crippen LogP contribution is -2.24. The molecule has 6 nitrogen and oxygen atoms in total. The standard InChI is InChI=1S/C19H17ClN4O2/c20-14-9-7-13(8-10-14)19-22-17(26-23-19)12-21-15-4-1-2-5-16(15)24-11-3-6-18(24)25/h1-2,4-5,7-10,21H,3,6,11-12H2. The molecule has 0 atom stereocenters. The lowest BCUT2D eigenvalue weighted by Gasteiger charge is -2.19. The number of hydrogen-bond donors (Lipinski definition) is 1. The molecular formula is C19H17ClN4O2. The van der Waals surface area contributed by atoms with Crippen molar-refractivity contribution in [1.29, 1.82) is 0 Å². The fraction of sp³-hybridized carbons (Fsp3) is 0.211. The minimum absolute atomic E-state index is 0.155. The molecule has 0 bridgehead atoms. The molecule has 1 amide bonds. The maximum absolute atomic E-state index is 12.0. The summed E-state index contributed by atoms with van der Waals surface area (Å²) in [7, 11) is 0. The molecule has 7 heteroatoms. The lowest BCUT2D eigenvalue weighted by molar-refractivity contribution is -0.117. The van der Waals surface area contributed by atoms with Crippen molar-refractivity contribution in [2.45, 2.75) is 19.4 Å². The van der Waals surface area contributed by atoms with Crippen LogP contribution in [0.1, 0.15) is 18.7 Å². The fourth-order valence-electron chi connectivity index (χ4n) is 2.98. The van der Waals surface area contributed by atoms with E-state index in [-0.39, 0.29) is 5.91 Å². The smallest absolute Gasteiger partial charge is 0.246 e. The van der Waals surface area contributed by atoms with Crippen molar-refractivity contribution in [3.63, 3.8) is 0 Å². The van der Waals surface area contributed by atoms with Crippen LogP contribution in [0.25, 0.3) is 11.4 Å². The zero-order valence-electron chi connectivity index (χ0n) is 14.0. The molecule has 26 heavy (non-hydrogen) atoms. The second kappa shape index (κ2) is 7.17. The molecule has 3 aromatic rings. The van der Waals surface area contributed by atoms with E-state index in [2.05, 4.69) is 15.5 Å². The van der Waals surface area contributed by atoms with Gasteiger partial charge >= 0.3 is 0 Å². The fourth-order valence-corrected chi connectivity index (χ4v) is 3.10. The van der Waals surface area contributed by atoms with Crippen molar-refractivity contribution >= 4 is 28.9 Å². The third-order valence-corrected chi connectivity index (χ3v) is 4.52. The Kier molecular flexibility index (Phi) is 4.58. The number of nitrogens with one attached hydrogen (secondary N) is 1. The largest absolute Gasteiger partial charge is 0.374 e. The van der Waals surface area contributed by atoms with Crippen LogP contribution in [-0.2, 0) is 11.3 Å². The summed E-state index contributed by atoms with van der Waals surface area (Å²) in [6.45, 7) is 1.12. The van der Waals surface area contributed by atoms with Crippen LogP contribution in [0, 0.1) is 0 Å². The van der Waals surface area contributed by atoms with Crippen molar-refractivity contribution in [3.8, 4) is 11.4 Å².